The van der Waals surface area contributed by atoms with Crippen molar-refractivity contribution in [1.82, 2.24) is 10.6 Å². The average molecular weight is 413 g/mol. The molecule has 0 heterocycles. The zero-order valence-corrected chi connectivity index (χ0v) is 18.2. The van der Waals surface area contributed by atoms with Gasteiger partial charge >= 0.3 is 0 Å². The van der Waals surface area contributed by atoms with Crippen molar-refractivity contribution in [2.45, 2.75) is 33.7 Å². The highest BCUT2D eigenvalue weighted by Crippen LogP contribution is 2.30. The second-order valence-electron chi connectivity index (χ2n) is 6.58. The molecular weight excluding hydrogens is 380 g/mol. The van der Waals surface area contributed by atoms with Gasteiger partial charge in [-0.2, -0.15) is 0 Å². The Morgan fingerprint density at radius 3 is 2.57 bits per heavy atom. The monoisotopic (exact) mass is 412 g/mol. The van der Waals surface area contributed by atoms with Gasteiger partial charge in [0.2, 0.25) is 0 Å². The van der Waals surface area contributed by atoms with Crippen LogP contribution in [-0.2, 0) is 6.54 Å². The Kier molecular flexibility index (Phi) is 9.51. The van der Waals surface area contributed by atoms with E-state index in [0.29, 0.717) is 42.7 Å². The summed E-state index contributed by atoms with van der Waals surface area (Å²) in [6.45, 7) is 8.36. The molecule has 0 saturated carbocycles. The summed E-state index contributed by atoms with van der Waals surface area (Å²) in [6, 6.07) is 13.2. The summed E-state index contributed by atoms with van der Waals surface area (Å²) in [7, 11) is 1.62. The lowest BCUT2D eigenvalue weighted by molar-refractivity contribution is 0.0953. The van der Waals surface area contributed by atoms with E-state index in [1.165, 1.54) is 0 Å². The van der Waals surface area contributed by atoms with Gasteiger partial charge in [-0.25, -0.2) is 4.99 Å². The lowest BCUT2D eigenvalue weighted by Gasteiger charge is -2.14. The Labute approximate surface area is 178 Å². The van der Waals surface area contributed by atoms with Gasteiger partial charge in [-0.1, -0.05) is 19.1 Å². The molecule has 0 aromatic heterocycles. The average Bonchev–Trinajstić information content (AvgIpc) is 2.76. The molecule has 2 aromatic carbocycles. The molecule has 2 rings (SSSR count). The number of methoxy groups -OCH3 is 1. The van der Waals surface area contributed by atoms with Crippen LogP contribution in [0, 0.1) is 0 Å². The fraction of sp³-hybridized carbons (Fsp3) is 0.391. The molecule has 0 bridgehead atoms. The molecule has 0 atom stereocenters. The molecule has 7 heteroatoms. The van der Waals surface area contributed by atoms with Crippen molar-refractivity contribution in [2.75, 3.05) is 32.1 Å². The van der Waals surface area contributed by atoms with E-state index >= 15 is 0 Å². The van der Waals surface area contributed by atoms with E-state index in [-0.39, 0.29) is 5.91 Å². The molecule has 30 heavy (non-hydrogen) atoms. The van der Waals surface area contributed by atoms with Crippen LogP contribution in [0.15, 0.2) is 47.5 Å². The normalized spacial score (nSPS) is 11.0. The Balaban J connectivity index is 2.13. The molecule has 0 aliphatic heterocycles. The maximum atomic E-state index is 12.2. The molecule has 3 N–H and O–H groups in total. The summed E-state index contributed by atoms with van der Waals surface area (Å²) in [5.41, 5.74) is 2.44. The first-order valence-corrected chi connectivity index (χ1v) is 10.3. The number of anilines is 1. The van der Waals surface area contributed by atoms with Crippen LogP contribution in [0.3, 0.4) is 0 Å². The predicted octanol–water partition coefficient (Wildman–Crippen LogP) is 3.81. The maximum absolute atomic E-state index is 12.2. The third kappa shape index (κ3) is 6.99. The van der Waals surface area contributed by atoms with Crippen molar-refractivity contribution < 1.29 is 14.3 Å². The van der Waals surface area contributed by atoms with Gasteiger partial charge in [0.25, 0.3) is 5.91 Å². The molecule has 0 unspecified atom stereocenters. The highest BCUT2D eigenvalue weighted by atomic mass is 16.5. The number of hydrogen-bond donors (Lipinski definition) is 3. The summed E-state index contributed by atoms with van der Waals surface area (Å²) in [4.78, 5) is 16.8. The summed E-state index contributed by atoms with van der Waals surface area (Å²) in [6.07, 6.45) is 0.907. The molecule has 7 nitrogen and oxygen atoms in total. The lowest BCUT2D eigenvalue weighted by Crippen LogP contribution is -2.30. The van der Waals surface area contributed by atoms with Gasteiger partial charge in [0.05, 0.1) is 20.3 Å². The van der Waals surface area contributed by atoms with Crippen LogP contribution >= 0.6 is 0 Å². The second-order valence-corrected chi connectivity index (χ2v) is 6.58. The molecule has 2 aromatic rings. The number of nitrogens with zero attached hydrogens (tertiary/aromatic N) is 1. The van der Waals surface area contributed by atoms with Gasteiger partial charge in [-0.3, -0.25) is 4.79 Å². The first kappa shape index (κ1) is 23.1. The number of carbonyl (C=O) groups excluding carboxylic acids is 1. The van der Waals surface area contributed by atoms with Gasteiger partial charge < -0.3 is 25.4 Å². The minimum Gasteiger partial charge on any atom is -0.493 e. The van der Waals surface area contributed by atoms with Crippen LogP contribution < -0.4 is 25.4 Å². The Hall–Kier alpha value is -3.22. The number of ether oxygens (including phenoxy) is 2. The summed E-state index contributed by atoms with van der Waals surface area (Å²) in [5, 5.41) is 9.42. The maximum Gasteiger partial charge on any atom is 0.251 e. The lowest BCUT2D eigenvalue weighted by atomic mass is 10.1. The Morgan fingerprint density at radius 1 is 1.03 bits per heavy atom. The largest absolute Gasteiger partial charge is 0.493 e. The number of amides is 1. The molecule has 162 valence electrons. The Bertz CT molecular complexity index is 852. The van der Waals surface area contributed by atoms with Gasteiger partial charge in [-0.05, 0) is 50.1 Å². The highest BCUT2D eigenvalue weighted by Gasteiger charge is 2.08. The van der Waals surface area contributed by atoms with Crippen LogP contribution in [-0.4, -0.2) is 38.7 Å². The van der Waals surface area contributed by atoms with E-state index in [0.717, 1.165) is 24.2 Å². The molecule has 0 aliphatic carbocycles. The van der Waals surface area contributed by atoms with Crippen LogP contribution in [0.2, 0.25) is 0 Å². The summed E-state index contributed by atoms with van der Waals surface area (Å²) >= 11 is 0. The zero-order valence-electron chi connectivity index (χ0n) is 18.2. The third-order valence-corrected chi connectivity index (χ3v) is 4.21. The smallest absolute Gasteiger partial charge is 0.251 e. The van der Waals surface area contributed by atoms with E-state index in [9.17, 15) is 4.79 Å². The van der Waals surface area contributed by atoms with E-state index in [2.05, 4.69) is 20.9 Å². The van der Waals surface area contributed by atoms with E-state index < -0.39 is 0 Å². The molecule has 0 spiro atoms. The van der Waals surface area contributed by atoms with Gasteiger partial charge in [0.1, 0.15) is 0 Å². The highest BCUT2D eigenvalue weighted by molar-refractivity contribution is 5.95. The van der Waals surface area contributed by atoms with Gasteiger partial charge in [0, 0.05) is 30.4 Å². The minimum absolute atomic E-state index is 0.0607. The Morgan fingerprint density at radius 2 is 1.87 bits per heavy atom. The van der Waals surface area contributed by atoms with Crippen LogP contribution in [0.1, 0.15) is 43.1 Å². The van der Waals surface area contributed by atoms with Crippen molar-refractivity contribution in [2.24, 2.45) is 4.99 Å². The number of nitrogens with one attached hydrogen (secondary N) is 3. The van der Waals surface area contributed by atoms with Crippen LogP contribution in [0.5, 0.6) is 11.5 Å². The number of rotatable bonds is 10. The van der Waals surface area contributed by atoms with Crippen molar-refractivity contribution in [3.8, 4) is 11.5 Å². The van der Waals surface area contributed by atoms with E-state index in [4.69, 9.17) is 9.47 Å². The fourth-order valence-electron chi connectivity index (χ4n) is 2.79. The number of guanidine groups is 1. The minimum atomic E-state index is -0.0607. The number of carbonyl (C=O) groups is 1. The summed E-state index contributed by atoms with van der Waals surface area (Å²) < 4.78 is 11.0. The predicted molar refractivity (Wildman–Crippen MR) is 122 cm³/mol. The van der Waals surface area contributed by atoms with Gasteiger partial charge in [0.15, 0.2) is 17.5 Å². The molecule has 1 amide bonds. The molecule has 0 saturated heterocycles. The SMILES string of the molecule is CCCNC(=O)c1cccc(CN=C(NCC)Nc2ccc(OC)c(OCC)c2)c1. The van der Waals surface area contributed by atoms with Crippen molar-refractivity contribution in [3.05, 3.63) is 53.6 Å². The van der Waals surface area contributed by atoms with Crippen LogP contribution in [0.4, 0.5) is 5.69 Å². The number of hydrogen-bond acceptors (Lipinski definition) is 4. The topological polar surface area (TPSA) is 84.0 Å². The second kappa shape index (κ2) is 12.4. The summed E-state index contributed by atoms with van der Waals surface area (Å²) in [5.74, 6) is 1.94. The van der Waals surface area contributed by atoms with Crippen molar-refractivity contribution in [3.63, 3.8) is 0 Å². The molecule has 0 fully saturated rings. The fourth-order valence-corrected chi connectivity index (χ4v) is 2.79. The number of aliphatic imine (C=N–C) groups is 1. The quantitative estimate of drug-likeness (QED) is 0.408. The molecular formula is C23H32N4O3. The zero-order chi connectivity index (χ0) is 21.8. The first-order valence-electron chi connectivity index (χ1n) is 10.3. The molecule has 0 radical (unpaired) electrons. The number of benzene rings is 2. The van der Waals surface area contributed by atoms with E-state index in [1.54, 1.807) is 7.11 Å². The van der Waals surface area contributed by atoms with E-state index in [1.807, 2.05) is 63.2 Å². The van der Waals surface area contributed by atoms with Crippen molar-refractivity contribution in [1.29, 1.82) is 0 Å². The third-order valence-electron chi connectivity index (χ3n) is 4.21. The van der Waals surface area contributed by atoms with Crippen molar-refractivity contribution >= 4 is 17.6 Å². The first-order chi connectivity index (χ1) is 14.6. The van der Waals surface area contributed by atoms with Crippen LogP contribution in [0.25, 0.3) is 0 Å². The standard InChI is InChI=1S/C23H32N4O3/c1-5-13-25-22(28)18-10-8-9-17(14-18)16-26-23(24-6-2)27-19-11-12-20(29-4)21(15-19)30-7-3/h8-12,14-15H,5-7,13,16H2,1-4H3,(H,25,28)(H2,24,26,27). The molecule has 0 aliphatic rings. The van der Waals surface area contributed by atoms with Gasteiger partial charge in [-0.15, -0.1) is 0 Å².